The summed E-state index contributed by atoms with van der Waals surface area (Å²) in [6.07, 6.45) is 0.576. The van der Waals surface area contributed by atoms with E-state index >= 15 is 0 Å². The Morgan fingerprint density at radius 2 is 2.26 bits per heavy atom. The molecule has 1 unspecified atom stereocenters. The molecule has 0 spiro atoms. The van der Waals surface area contributed by atoms with Crippen molar-refractivity contribution in [1.29, 1.82) is 0 Å². The lowest BCUT2D eigenvalue weighted by Gasteiger charge is -2.21. The largest absolute Gasteiger partial charge is 0.396 e. The number of fused-ring (bicyclic) bond motifs is 1. The van der Waals surface area contributed by atoms with Gasteiger partial charge in [0.15, 0.2) is 0 Å². The average molecular weight is 278 g/mol. The van der Waals surface area contributed by atoms with Crippen molar-refractivity contribution < 1.29 is 9.90 Å². The molecule has 1 heterocycles. The molecular weight excluding hydrogens is 260 g/mol. The molecule has 0 aliphatic carbocycles. The van der Waals surface area contributed by atoms with Gasteiger partial charge in [-0.15, -0.1) is 11.3 Å². The summed E-state index contributed by atoms with van der Waals surface area (Å²) in [5, 5.41) is 12.0. The number of carbonyl (C=O) groups is 1. The van der Waals surface area contributed by atoms with Gasteiger partial charge in [-0.05, 0) is 30.5 Å². The fourth-order valence-electron chi connectivity index (χ4n) is 1.96. The number of nitrogens with one attached hydrogen (secondary N) is 1. The van der Waals surface area contributed by atoms with Crippen LogP contribution in [0.2, 0.25) is 0 Å². The van der Waals surface area contributed by atoms with Gasteiger partial charge in [-0.3, -0.25) is 4.79 Å². The molecule has 19 heavy (non-hydrogen) atoms. The zero-order valence-corrected chi connectivity index (χ0v) is 11.9. The minimum Gasteiger partial charge on any atom is -0.396 e. The summed E-state index contributed by atoms with van der Waals surface area (Å²) in [6, 6.07) is 5.50. The van der Waals surface area contributed by atoms with Crippen molar-refractivity contribution in [3.8, 4) is 0 Å². The Labute approximate surface area is 116 Å². The van der Waals surface area contributed by atoms with E-state index in [0.29, 0.717) is 17.9 Å². The summed E-state index contributed by atoms with van der Waals surface area (Å²) in [4.78, 5) is 16.4. The van der Waals surface area contributed by atoms with Crippen LogP contribution in [0.25, 0.3) is 10.2 Å². The fourth-order valence-corrected chi connectivity index (χ4v) is 2.68. The summed E-state index contributed by atoms with van der Waals surface area (Å²) < 4.78 is 1.01. The maximum absolute atomic E-state index is 12.2. The highest BCUT2D eigenvalue weighted by Crippen LogP contribution is 2.19. The zero-order valence-electron chi connectivity index (χ0n) is 11.1. The maximum atomic E-state index is 12.2. The van der Waals surface area contributed by atoms with Crippen LogP contribution >= 0.6 is 11.3 Å². The normalized spacial score (nSPS) is 12.8. The smallest absolute Gasteiger partial charge is 0.251 e. The fraction of sp³-hybridized carbons (Fsp3) is 0.429. The van der Waals surface area contributed by atoms with Gasteiger partial charge in [-0.25, -0.2) is 4.98 Å². The minimum absolute atomic E-state index is 0.00495. The van der Waals surface area contributed by atoms with Gasteiger partial charge in [-0.1, -0.05) is 13.8 Å². The number of rotatable bonds is 5. The molecule has 0 radical (unpaired) electrons. The van der Waals surface area contributed by atoms with E-state index in [9.17, 15) is 4.79 Å². The van der Waals surface area contributed by atoms with Crippen molar-refractivity contribution in [3.63, 3.8) is 0 Å². The molecule has 4 nitrogen and oxygen atoms in total. The van der Waals surface area contributed by atoms with E-state index in [1.807, 2.05) is 26.0 Å². The molecule has 0 aliphatic rings. The molecule has 1 aromatic carbocycles. The van der Waals surface area contributed by atoms with E-state index in [0.717, 1.165) is 10.2 Å². The molecule has 5 heteroatoms. The first kappa shape index (κ1) is 14.0. The Morgan fingerprint density at radius 1 is 1.47 bits per heavy atom. The van der Waals surface area contributed by atoms with Crippen LogP contribution in [0.15, 0.2) is 23.7 Å². The first-order valence-electron chi connectivity index (χ1n) is 6.36. The van der Waals surface area contributed by atoms with Crippen LogP contribution in [0.1, 0.15) is 30.6 Å². The van der Waals surface area contributed by atoms with Gasteiger partial charge >= 0.3 is 0 Å². The van der Waals surface area contributed by atoms with Crippen LogP contribution in [0, 0.1) is 5.92 Å². The molecule has 2 aromatic rings. The number of aromatic nitrogens is 1. The number of amides is 1. The van der Waals surface area contributed by atoms with Gasteiger partial charge in [0.1, 0.15) is 0 Å². The Balaban J connectivity index is 2.13. The Morgan fingerprint density at radius 3 is 2.95 bits per heavy atom. The Bertz CT molecular complexity index is 565. The van der Waals surface area contributed by atoms with Crippen LogP contribution in [0.5, 0.6) is 0 Å². The highest BCUT2D eigenvalue weighted by atomic mass is 32.1. The van der Waals surface area contributed by atoms with E-state index in [2.05, 4.69) is 10.3 Å². The zero-order chi connectivity index (χ0) is 13.8. The number of benzene rings is 1. The molecule has 0 fully saturated rings. The third-order valence-electron chi connectivity index (χ3n) is 3.15. The predicted molar refractivity (Wildman–Crippen MR) is 77.4 cm³/mol. The summed E-state index contributed by atoms with van der Waals surface area (Å²) in [5.74, 6) is 0.200. The van der Waals surface area contributed by atoms with Crippen LogP contribution < -0.4 is 5.32 Å². The van der Waals surface area contributed by atoms with E-state index < -0.39 is 0 Å². The lowest BCUT2D eigenvalue weighted by atomic mass is 10.0. The first-order valence-corrected chi connectivity index (χ1v) is 7.24. The van der Waals surface area contributed by atoms with Crippen LogP contribution in [0.4, 0.5) is 0 Å². The van der Waals surface area contributed by atoms with Gasteiger partial charge in [0.05, 0.1) is 15.7 Å². The molecule has 0 saturated carbocycles. The van der Waals surface area contributed by atoms with Gasteiger partial charge in [0.2, 0.25) is 0 Å². The van der Waals surface area contributed by atoms with Crippen molar-refractivity contribution >= 4 is 27.5 Å². The van der Waals surface area contributed by atoms with E-state index in [4.69, 9.17) is 5.11 Å². The number of hydrogen-bond donors (Lipinski definition) is 2. The van der Waals surface area contributed by atoms with Crippen LogP contribution in [0.3, 0.4) is 0 Å². The summed E-state index contributed by atoms with van der Waals surface area (Å²) in [6.45, 7) is 4.15. The van der Waals surface area contributed by atoms with Crippen molar-refractivity contribution in [2.24, 2.45) is 5.92 Å². The van der Waals surface area contributed by atoms with Gasteiger partial charge in [-0.2, -0.15) is 0 Å². The molecule has 0 aliphatic heterocycles. The maximum Gasteiger partial charge on any atom is 0.251 e. The van der Waals surface area contributed by atoms with Gasteiger partial charge in [0.25, 0.3) is 5.91 Å². The molecule has 2 rings (SSSR count). The third kappa shape index (κ3) is 3.30. The first-order chi connectivity index (χ1) is 9.11. The van der Waals surface area contributed by atoms with Crippen molar-refractivity contribution in [2.45, 2.75) is 26.3 Å². The molecule has 2 N–H and O–H groups in total. The Kier molecular flexibility index (Phi) is 4.50. The van der Waals surface area contributed by atoms with Gasteiger partial charge < -0.3 is 10.4 Å². The number of aliphatic hydroxyl groups is 1. The molecule has 0 bridgehead atoms. The molecular formula is C14H18N2O2S. The van der Waals surface area contributed by atoms with Crippen molar-refractivity contribution in [2.75, 3.05) is 6.61 Å². The number of thiazole rings is 1. The SMILES string of the molecule is CC(C)C(CCO)NC(=O)c1ccc2ncsc2c1. The summed E-state index contributed by atoms with van der Waals surface area (Å²) in [5.41, 5.74) is 3.33. The topological polar surface area (TPSA) is 62.2 Å². The molecule has 0 saturated heterocycles. The second kappa shape index (κ2) is 6.12. The second-order valence-electron chi connectivity index (χ2n) is 4.87. The Hall–Kier alpha value is -1.46. The number of carbonyl (C=O) groups excluding carboxylic acids is 1. The van der Waals surface area contributed by atoms with Crippen LogP contribution in [-0.2, 0) is 0 Å². The summed E-state index contributed by atoms with van der Waals surface area (Å²) in [7, 11) is 0. The predicted octanol–water partition coefficient (Wildman–Crippen LogP) is 2.43. The average Bonchev–Trinajstić information content (AvgIpc) is 2.85. The number of nitrogens with zero attached hydrogens (tertiary/aromatic N) is 1. The monoisotopic (exact) mass is 278 g/mol. The third-order valence-corrected chi connectivity index (χ3v) is 3.95. The molecule has 1 aromatic heterocycles. The molecule has 1 amide bonds. The van der Waals surface area contributed by atoms with E-state index in [1.54, 1.807) is 11.6 Å². The van der Waals surface area contributed by atoms with Crippen LogP contribution in [-0.4, -0.2) is 28.6 Å². The van der Waals surface area contributed by atoms with Crippen molar-refractivity contribution in [1.82, 2.24) is 10.3 Å². The van der Waals surface area contributed by atoms with E-state index in [-0.39, 0.29) is 18.6 Å². The quantitative estimate of drug-likeness (QED) is 0.883. The lowest BCUT2D eigenvalue weighted by molar-refractivity contribution is 0.0917. The number of aliphatic hydroxyl groups excluding tert-OH is 1. The molecule has 1 atom stereocenters. The minimum atomic E-state index is -0.0950. The standard InChI is InChI=1S/C14H18N2O2S/c1-9(2)11(5-6-17)16-14(18)10-3-4-12-13(7-10)19-8-15-12/h3-4,7-9,11,17H,5-6H2,1-2H3,(H,16,18). The second-order valence-corrected chi connectivity index (χ2v) is 5.76. The van der Waals surface area contributed by atoms with Gasteiger partial charge in [0, 0.05) is 18.2 Å². The lowest BCUT2D eigenvalue weighted by Crippen LogP contribution is -2.39. The highest BCUT2D eigenvalue weighted by Gasteiger charge is 2.17. The summed E-state index contributed by atoms with van der Waals surface area (Å²) >= 11 is 1.52. The molecule has 102 valence electrons. The highest BCUT2D eigenvalue weighted by molar-refractivity contribution is 7.16. The number of hydrogen-bond acceptors (Lipinski definition) is 4. The van der Waals surface area contributed by atoms with Crippen molar-refractivity contribution in [3.05, 3.63) is 29.3 Å². The van der Waals surface area contributed by atoms with E-state index in [1.165, 1.54) is 11.3 Å².